The second-order valence-electron chi connectivity index (χ2n) is 7.19. The minimum absolute atomic E-state index is 0.173. The number of carbonyl (C=O) groups excluding carboxylic acids is 1. The molecular formula is C24H17FN6O. The Balaban J connectivity index is 1.61. The molecular weight excluding hydrogens is 407 g/mol. The Morgan fingerprint density at radius 2 is 1.75 bits per heavy atom. The number of rotatable bonds is 4. The van der Waals surface area contributed by atoms with E-state index in [-0.39, 0.29) is 5.69 Å². The van der Waals surface area contributed by atoms with Gasteiger partial charge >= 0.3 is 0 Å². The molecule has 0 radical (unpaired) electrons. The summed E-state index contributed by atoms with van der Waals surface area (Å²) in [5.41, 5.74) is 4.30. The van der Waals surface area contributed by atoms with Gasteiger partial charge in [0.2, 0.25) is 0 Å². The van der Waals surface area contributed by atoms with Crippen LogP contribution in [0.15, 0.2) is 79.1 Å². The molecule has 0 saturated carbocycles. The normalized spacial score (nSPS) is 10.9. The lowest BCUT2D eigenvalue weighted by Crippen LogP contribution is -2.13. The van der Waals surface area contributed by atoms with E-state index < -0.39 is 11.7 Å². The number of hydrogen-bond donors (Lipinski definition) is 1. The number of halogens is 1. The van der Waals surface area contributed by atoms with E-state index in [0.717, 1.165) is 22.3 Å². The Bertz CT molecular complexity index is 1460. The summed E-state index contributed by atoms with van der Waals surface area (Å²) in [6.45, 7) is 1.88. The van der Waals surface area contributed by atoms with Crippen molar-refractivity contribution in [2.75, 3.05) is 5.32 Å². The zero-order chi connectivity index (χ0) is 22.1. The highest BCUT2D eigenvalue weighted by Crippen LogP contribution is 2.26. The van der Waals surface area contributed by atoms with Crippen molar-refractivity contribution in [3.8, 4) is 17.1 Å². The van der Waals surface area contributed by atoms with E-state index in [1.54, 1.807) is 29.2 Å². The molecule has 0 aliphatic carbocycles. The lowest BCUT2D eigenvalue weighted by molar-refractivity contribution is 0.102. The molecule has 156 valence electrons. The SMILES string of the molecule is Cc1cccc(-n2nc(C(=O)Nc3cccc(F)c3)cc2-c2ccc3nccnc3c2)n1. The maximum Gasteiger partial charge on any atom is 0.276 e. The van der Waals surface area contributed by atoms with Crippen LogP contribution in [0.4, 0.5) is 10.1 Å². The molecule has 2 aromatic carbocycles. The molecule has 0 spiro atoms. The largest absolute Gasteiger partial charge is 0.320 e. The van der Waals surface area contributed by atoms with Crippen molar-refractivity contribution in [3.63, 3.8) is 0 Å². The molecule has 0 unspecified atom stereocenters. The first-order valence-corrected chi connectivity index (χ1v) is 9.89. The summed E-state index contributed by atoms with van der Waals surface area (Å²) in [5.74, 6) is -0.317. The highest BCUT2D eigenvalue weighted by Gasteiger charge is 2.18. The summed E-state index contributed by atoms with van der Waals surface area (Å²) in [7, 11) is 0. The second kappa shape index (κ2) is 7.99. The monoisotopic (exact) mass is 424 g/mol. The van der Waals surface area contributed by atoms with Crippen LogP contribution in [0.1, 0.15) is 16.2 Å². The van der Waals surface area contributed by atoms with E-state index in [4.69, 9.17) is 0 Å². The molecule has 0 bridgehead atoms. The summed E-state index contributed by atoms with van der Waals surface area (Å²) in [5, 5.41) is 7.19. The summed E-state index contributed by atoms with van der Waals surface area (Å²) in [6, 6.07) is 18.6. The number of pyridine rings is 1. The summed E-state index contributed by atoms with van der Waals surface area (Å²) >= 11 is 0. The molecule has 3 aromatic heterocycles. The number of amides is 1. The van der Waals surface area contributed by atoms with Gasteiger partial charge in [-0.2, -0.15) is 5.10 Å². The Labute approximate surface area is 182 Å². The van der Waals surface area contributed by atoms with Crippen molar-refractivity contribution < 1.29 is 9.18 Å². The first kappa shape index (κ1) is 19.5. The molecule has 8 heteroatoms. The highest BCUT2D eigenvalue weighted by molar-refractivity contribution is 6.03. The number of aryl methyl sites for hydroxylation is 1. The molecule has 5 rings (SSSR count). The maximum absolute atomic E-state index is 13.5. The summed E-state index contributed by atoms with van der Waals surface area (Å²) < 4.78 is 15.1. The number of anilines is 1. The van der Waals surface area contributed by atoms with Gasteiger partial charge in [0.25, 0.3) is 5.91 Å². The van der Waals surface area contributed by atoms with Crippen LogP contribution >= 0.6 is 0 Å². The number of hydrogen-bond acceptors (Lipinski definition) is 5. The standard InChI is InChI=1S/C24H17FN6O/c1-15-4-2-7-23(28-15)31-22(16-8-9-19-20(12-16)27-11-10-26-19)14-21(30-31)24(32)29-18-6-3-5-17(25)13-18/h2-14H,1H3,(H,29,32). The Kier molecular flexibility index (Phi) is 4.87. The lowest BCUT2D eigenvalue weighted by atomic mass is 10.1. The van der Waals surface area contributed by atoms with Crippen LogP contribution in [-0.2, 0) is 0 Å². The van der Waals surface area contributed by atoms with E-state index in [1.165, 1.54) is 18.2 Å². The van der Waals surface area contributed by atoms with E-state index >= 15 is 0 Å². The van der Waals surface area contributed by atoms with Crippen LogP contribution in [0, 0.1) is 12.7 Å². The van der Waals surface area contributed by atoms with E-state index in [0.29, 0.717) is 17.2 Å². The number of aromatic nitrogens is 5. The minimum atomic E-state index is -0.455. The molecule has 7 nitrogen and oxygen atoms in total. The molecule has 0 fully saturated rings. The van der Waals surface area contributed by atoms with Gasteiger partial charge in [0.15, 0.2) is 11.5 Å². The number of benzene rings is 2. The summed E-state index contributed by atoms with van der Waals surface area (Å²) in [4.78, 5) is 26.1. The highest BCUT2D eigenvalue weighted by atomic mass is 19.1. The zero-order valence-corrected chi connectivity index (χ0v) is 17.0. The van der Waals surface area contributed by atoms with Crippen LogP contribution in [-0.4, -0.2) is 30.6 Å². The van der Waals surface area contributed by atoms with Gasteiger partial charge in [0, 0.05) is 29.3 Å². The smallest absolute Gasteiger partial charge is 0.276 e. The quantitative estimate of drug-likeness (QED) is 0.457. The molecule has 5 aromatic rings. The van der Waals surface area contributed by atoms with Crippen molar-refractivity contribution in [1.82, 2.24) is 24.7 Å². The third-order valence-electron chi connectivity index (χ3n) is 4.88. The fourth-order valence-corrected chi connectivity index (χ4v) is 3.40. The second-order valence-corrected chi connectivity index (χ2v) is 7.19. The van der Waals surface area contributed by atoms with Crippen molar-refractivity contribution in [2.24, 2.45) is 0 Å². The van der Waals surface area contributed by atoms with Crippen LogP contribution in [0.5, 0.6) is 0 Å². The Morgan fingerprint density at radius 3 is 2.56 bits per heavy atom. The maximum atomic E-state index is 13.5. The predicted molar refractivity (Wildman–Crippen MR) is 119 cm³/mol. The number of nitrogens with zero attached hydrogens (tertiary/aromatic N) is 5. The van der Waals surface area contributed by atoms with Gasteiger partial charge < -0.3 is 5.32 Å². The zero-order valence-electron chi connectivity index (χ0n) is 17.0. The Hall–Kier alpha value is -4.46. The van der Waals surface area contributed by atoms with E-state index in [1.807, 2.05) is 43.3 Å². The molecule has 1 N–H and O–H groups in total. The number of nitrogens with one attached hydrogen (secondary N) is 1. The molecule has 0 aliphatic heterocycles. The Morgan fingerprint density at radius 1 is 0.938 bits per heavy atom. The minimum Gasteiger partial charge on any atom is -0.320 e. The van der Waals surface area contributed by atoms with Gasteiger partial charge in [-0.25, -0.2) is 14.1 Å². The van der Waals surface area contributed by atoms with Crippen LogP contribution in [0.3, 0.4) is 0 Å². The van der Waals surface area contributed by atoms with Gasteiger partial charge in [-0.15, -0.1) is 0 Å². The third-order valence-corrected chi connectivity index (χ3v) is 4.88. The fourth-order valence-electron chi connectivity index (χ4n) is 3.40. The van der Waals surface area contributed by atoms with E-state index in [9.17, 15) is 9.18 Å². The van der Waals surface area contributed by atoms with Gasteiger partial charge in [-0.05, 0) is 55.5 Å². The van der Waals surface area contributed by atoms with Crippen LogP contribution in [0.25, 0.3) is 28.1 Å². The van der Waals surface area contributed by atoms with Gasteiger partial charge in [-0.3, -0.25) is 14.8 Å². The fraction of sp³-hybridized carbons (Fsp3) is 0.0417. The number of fused-ring (bicyclic) bond motifs is 1. The molecule has 0 saturated heterocycles. The van der Waals surface area contributed by atoms with Crippen LogP contribution in [0.2, 0.25) is 0 Å². The summed E-state index contributed by atoms with van der Waals surface area (Å²) in [6.07, 6.45) is 3.27. The third kappa shape index (κ3) is 3.81. The van der Waals surface area contributed by atoms with Crippen molar-refractivity contribution in [2.45, 2.75) is 6.92 Å². The molecule has 1 amide bonds. The van der Waals surface area contributed by atoms with Crippen molar-refractivity contribution in [3.05, 3.63) is 96.3 Å². The lowest BCUT2D eigenvalue weighted by Gasteiger charge is -2.08. The predicted octanol–water partition coefficient (Wildman–Crippen LogP) is 4.58. The van der Waals surface area contributed by atoms with Gasteiger partial charge in [0.1, 0.15) is 5.82 Å². The molecule has 32 heavy (non-hydrogen) atoms. The van der Waals surface area contributed by atoms with E-state index in [2.05, 4.69) is 25.4 Å². The topological polar surface area (TPSA) is 85.6 Å². The first-order valence-electron chi connectivity index (χ1n) is 9.89. The van der Waals surface area contributed by atoms with Gasteiger partial charge in [0.05, 0.1) is 16.7 Å². The molecule has 0 aliphatic rings. The first-order chi connectivity index (χ1) is 15.6. The molecule has 0 atom stereocenters. The number of carbonyl (C=O) groups is 1. The van der Waals surface area contributed by atoms with Crippen molar-refractivity contribution in [1.29, 1.82) is 0 Å². The average molecular weight is 424 g/mol. The van der Waals surface area contributed by atoms with Crippen LogP contribution < -0.4 is 5.32 Å². The average Bonchev–Trinajstić information content (AvgIpc) is 3.25. The molecule has 3 heterocycles. The van der Waals surface area contributed by atoms with Crippen molar-refractivity contribution >= 4 is 22.6 Å². The van der Waals surface area contributed by atoms with Gasteiger partial charge in [-0.1, -0.05) is 18.2 Å².